The van der Waals surface area contributed by atoms with Crippen molar-refractivity contribution in [3.8, 4) is 0 Å². The van der Waals surface area contributed by atoms with Gasteiger partial charge in [0.05, 0.1) is 5.25 Å². The number of rotatable bonds is 5. The Balaban J connectivity index is 1.86. The van der Waals surface area contributed by atoms with Crippen LogP contribution in [0.2, 0.25) is 5.02 Å². The number of carbonyl (C=O) groups is 1. The van der Waals surface area contributed by atoms with Gasteiger partial charge >= 0.3 is 0 Å². The van der Waals surface area contributed by atoms with E-state index in [1.54, 1.807) is 5.51 Å². The Labute approximate surface area is 124 Å². The van der Waals surface area contributed by atoms with E-state index < -0.39 is 0 Å². The fourth-order valence-electron chi connectivity index (χ4n) is 1.39. The second kappa shape index (κ2) is 6.88. The van der Waals surface area contributed by atoms with Crippen molar-refractivity contribution in [2.45, 2.75) is 23.1 Å². The maximum absolute atomic E-state index is 11.9. The molecule has 1 amide bonds. The smallest absolute Gasteiger partial charge is 0.233 e. The fourth-order valence-corrected chi connectivity index (χ4v) is 3.24. The summed E-state index contributed by atoms with van der Waals surface area (Å²) in [5.41, 5.74) is 2.56. The third kappa shape index (κ3) is 4.19. The van der Waals surface area contributed by atoms with Crippen molar-refractivity contribution in [1.82, 2.24) is 15.5 Å². The molecule has 0 aliphatic rings. The van der Waals surface area contributed by atoms with Gasteiger partial charge in [0, 0.05) is 11.6 Å². The Kier molecular flexibility index (Phi) is 5.18. The minimum Gasteiger partial charge on any atom is -0.351 e. The molecule has 0 fully saturated rings. The molecule has 0 saturated carbocycles. The first-order valence-electron chi connectivity index (χ1n) is 5.61. The highest BCUT2D eigenvalue weighted by atomic mass is 35.5. The largest absolute Gasteiger partial charge is 0.351 e. The summed E-state index contributed by atoms with van der Waals surface area (Å²) in [5, 5.41) is 11.0. The zero-order chi connectivity index (χ0) is 13.7. The first-order chi connectivity index (χ1) is 9.16. The average molecular weight is 314 g/mol. The number of thioether (sulfide) groups is 1. The van der Waals surface area contributed by atoms with E-state index in [0.717, 1.165) is 9.90 Å². The van der Waals surface area contributed by atoms with Crippen LogP contribution in [0.15, 0.2) is 34.1 Å². The lowest BCUT2D eigenvalue weighted by molar-refractivity contribution is -0.120. The maximum atomic E-state index is 11.9. The van der Waals surface area contributed by atoms with Gasteiger partial charge in [-0.05, 0) is 18.6 Å². The van der Waals surface area contributed by atoms with Crippen molar-refractivity contribution in [3.63, 3.8) is 0 Å². The molecule has 4 nitrogen and oxygen atoms in total. The molecule has 0 bridgehead atoms. The minimum absolute atomic E-state index is 0.0416. The molecule has 0 saturated heterocycles. The van der Waals surface area contributed by atoms with Gasteiger partial charge in [-0.15, -0.1) is 10.2 Å². The standard InChI is InChI=1S/C12H12ClN3OS2/c1-8(19-12-16-15-7-18-12)11(17)14-6-9-4-2-3-5-10(9)13/h2-5,7-8H,6H2,1H3,(H,14,17)/t8-/m0/s1. The third-order valence-corrected chi connectivity index (χ3v) is 4.68. The third-order valence-electron chi connectivity index (χ3n) is 2.40. The highest BCUT2D eigenvalue weighted by Crippen LogP contribution is 2.24. The van der Waals surface area contributed by atoms with Gasteiger partial charge in [-0.1, -0.05) is 52.9 Å². The van der Waals surface area contributed by atoms with Crippen molar-refractivity contribution >= 4 is 40.6 Å². The Morgan fingerprint density at radius 1 is 1.53 bits per heavy atom. The molecule has 1 N–H and O–H groups in total. The maximum Gasteiger partial charge on any atom is 0.233 e. The van der Waals surface area contributed by atoms with Crippen LogP contribution < -0.4 is 5.32 Å². The second-order valence-electron chi connectivity index (χ2n) is 3.77. The van der Waals surface area contributed by atoms with Gasteiger partial charge in [0.1, 0.15) is 5.51 Å². The number of aromatic nitrogens is 2. The summed E-state index contributed by atoms with van der Waals surface area (Å²) in [6.07, 6.45) is 0. The SMILES string of the molecule is C[C@H](Sc1nncs1)C(=O)NCc1ccccc1Cl. The number of amides is 1. The van der Waals surface area contributed by atoms with Crippen molar-refractivity contribution in [1.29, 1.82) is 0 Å². The Bertz CT molecular complexity index is 548. The summed E-state index contributed by atoms with van der Waals surface area (Å²) in [4.78, 5) is 11.9. The van der Waals surface area contributed by atoms with E-state index >= 15 is 0 Å². The summed E-state index contributed by atoms with van der Waals surface area (Å²) in [7, 11) is 0. The molecule has 1 aromatic heterocycles. The number of halogens is 1. The van der Waals surface area contributed by atoms with E-state index in [-0.39, 0.29) is 11.2 Å². The molecule has 2 rings (SSSR count). The first kappa shape index (κ1) is 14.3. The lowest BCUT2D eigenvalue weighted by atomic mass is 10.2. The van der Waals surface area contributed by atoms with Crippen LogP contribution in [0.25, 0.3) is 0 Å². The van der Waals surface area contributed by atoms with Gasteiger partial charge in [-0.25, -0.2) is 0 Å². The van der Waals surface area contributed by atoms with Gasteiger partial charge < -0.3 is 5.32 Å². The van der Waals surface area contributed by atoms with Crippen molar-refractivity contribution in [2.24, 2.45) is 0 Å². The molecule has 1 heterocycles. The molecular formula is C12H12ClN3OS2. The average Bonchev–Trinajstić information content (AvgIpc) is 2.90. The van der Waals surface area contributed by atoms with Gasteiger partial charge in [0.25, 0.3) is 0 Å². The van der Waals surface area contributed by atoms with Crippen LogP contribution in [0.5, 0.6) is 0 Å². The normalized spacial score (nSPS) is 12.1. The van der Waals surface area contributed by atoms with E-state index in [4.69, 9.17) is 11.6 Å². The number of hydrogen-bond donors (Lipinski definition) is 1. The summed E-state index contributed by atoms with van der Waals surface area (Å²) < 4.78 is 0.792. The van der Waals surface area contributed by atoms with Crippen molar-refractivity contribution in [2.75, 3.05) is 0 Å². The number of hydrogen-bond acceptors (Lipinski definition) is 5. The quantitative estimate of drug-likeness (QED) is 0.862. The highest BCUT2D eigenvalue weighted by Gasteiger charge is 2.15. The van der Waals surface area contributed by atoms with Gasteiger partial charge in [0.2, 0.25) is 5.91 Å². The van der Waals surface area contributed by atoms with Crippen LogP contribution >= 0.6 is 34.7 Å². The van der Waals surface area contributed by atoms with Crippen LogP contribution in [0.4, 0.5) is 0 Å². The number of benzene rings is 1. The molecular weight excluding hydrogens is 302 g/mol. The van der Waals surface area contributed by atoms with E-state index in [1.807, 2.05) is 31.2 Å². The number of nitrogens with one attached hydrogen (secondary N) is 1. The molecule has 2 aromatic rings. The monoisotopic (exact) mass is 313 g/mol. The summed E-state index contributed by atoms with van der Waals surface area (Å²) >= 11 is 8.85. The molecule has 7 heteroatoms. The second-order valence-corrected chi connectivity index (χ2v) is 6.60. The van der Waals surface area contributed by atoms with E-state index in [1.165, 1.54) is 23.1 Å². The number of carbonyl (C=O) groups excluding carboxylic acids is 1. The van der Waals surface area contributed by atoms with Crippen LogP contribution in [0, 0.1) is 0 Å². The molecule has 1 atom stereocenters. The van der Waals surface area contributed by atoms with Gasteiger partial charge in [0.15, 0.2) is 4.34 Å². The van der Waals surface area contributed by atoms with E-state index in [9.17, 15) is 4.79 Å². The van der Waals surface area contributed by atoms with Crippen LogP contribution in [-0.2, 0) is 11.3 Å². The fraction of sp³-hybridized carbons (Fsp3) is 0.250. The van der Waals surface area contributed by atoms with Crippen LogP contribution in [-0.4, -0.2) is 21.4 Å². The van der Waals surface area contributed by atoms with E-state index in [0.29, 0.717) is 11.6 Å². The van der Waals surface area contributed by atoms with Crippen molar-refractivity contribution in [3.05, 3.63) is 40.4 Å². The predicted octanol–water partition coefficient (Wildman–Crippen LogP) is 2.99. The molecule has 0 spiro atoms. The zero-order valence-corrected chi connectivity index (χ0v) is 12.6. The van der Waals surface area contributed by atoms with Crippen LogP contribution in [0.3, 0.4) is 0 Å². The first-order valence-corrected chi connectivity index (χ1v) is 7.74. The lowest BCUT2D eigenvalue weighted by Crippen LogP contribution is -2.30. The molecule has 1 aromatic carbocycles. The summed E-state index contributed by atoms with van der Waals surface area (Å²) in [5.74, 6) is -0.0416. The van der Waals surface area contributed by atoms with Gasteiger partial charge in [-0.2, -0.15) is 0 Å². The Morgan fingerprint density at radius 3 is 3.00 bits per heavy atom. The van der Waals surface area contributed by atoms with Crippen molar-refractivity contribution < 1.29 is 4.79 Å². The zero-order valence-electron chi connectivity index (χ0n) is 10.2. The molecule has 0 aliphatic heterocycles. The van der Waals surface area contributed by atoms with Crippen LogP contribution in [0.1, 0.15) is 12.5 Å². The number of nitrogens with zero attached hydrogens (tertiary/aromatic N) is 2. The Hall–Kier alpha value is -1.11. The minimum atomic E-state index is -0.213. The molecule has 19 heavy (non-hydrogen) atoms. The molecule has 0 radical (unpaired) electrons. The summed E-state index contributed by atoms with van der Waals surface area (Å²) in [6.45, 7) is 2.27. The molecule has 0 unspecified atom stereocenters. The van der Waals surface area contributed by atoms with E-state index in [2.05, 4.69) is 15.5 Å². The highest BCUT2D eigenvalue weighted by molar-refractivity contribution is 8.02. The predicted molar refractivity (Wildman–Crippen MR) is 78.5 cm³/mol. The Morgan fingerprint density at radius 2 is 2.32 bits per heavy atom. The molecule has 0 aliphatic carbocycles. The topological polar surface area (TPSA) is 54.9 Å². The lowest BCUT2D eigenvalue weighted by Gasteiger charge is -2.11. The van der Waals surface area contributed by atoms with Gasteiger partial charge in [-0.3, -0.25) is 4.79 Å². The summed E-state index contributed by atoms with van der Waals surface area (Å²) in [6, 6.07) is 7.46. The molecule has 100 valence electrons.